The van der Waals surface area contributed by atoms with Crippen LogP contribution in [0.4, 0.5) is 0 Å². The SMILES string of the molecule is Cc1ccc(C23CCC(C=C2c2ccc(Cl)cc2)C3)cc1. The van der Waals surface area contributed by atoms with E-state index in [1.54, 1.807) is 0 Å². The van der Waals surface area contributed by atoms with Crippen LogP contribution in [-0.2, 0) is 5.41 Å². The highest BCUT2D eigenvalue weighted by atomic mass is 35.5. The lowest BCUT2D eigenvalue weighted by atomic mass is 9.72. The zero-order valence-electron chi connectivity index (χ0n) is 12.3. The molecule has 0 saturated heterocycles. The van der Waals surface area contributed by atoms with Crippen LogP contribution in [0, 0.1) is 12.8 Å². The van der Waals surface area contributed by atoms with E-state index >= 15 is 0 Å². The van der Waals surface area contributed by atoms with Crippen molar-refractivity contribution in [1.29, 1.82) is 0 Å². The Morgan fingerprint density at radius 3 is 2.38 bits per heavy atom. The molecule has 1 heteroatoms. The minimum atomic E-state index is 0.228. The molecule has 0 heterocycles. The molecule has 2 unspecified atom stereocenters. The molecule has 1 fully saturated rings. The minimum absolute atomic E-state index is 0.228. The number of aryl methyl sites for hydroxylation is 1. The molecule has 1 saturated carbocycles. The molecule has 2 bridgehead atoms. The zero-order valence-corrected chi connectivity index (χ0v) is 13.0. The van der Waals surface area contributed by atoms with E-state index in [1.807, 2.05) is 12.1 Å². The molecule has 0 nitrogen and oxygen atoms in total. The monoisotopic (exact) mass is 294 g/mol. The Morgan fingerprint density at radius 2 is 1.71 bits per heavy atom. The van der Waals surface area contributed by atoms with Gasteiger partial charge >= 0.3 is 0 Å². The van der Waals surface area contributed by atoms with Crippen LogP contribution >= 0.6 is 11.6 Å². The van der Waals surface area contributed by atoms with Crippen molar-refractivity contribution in [2.24, 2.45) is 5.92 Å². The van der Waals surface area contributed by atoms with Crippen molar-refractivity contribution in [2.45, 2.75) is 31.6 Å². The van der Waals surface area contributed by atoms with Crippen molar-refractivity contribution >= 4 is 17.2 Å². The van der Waals surface area contributed by atoms with Crippen LogP contribution in [0.1, 0.15) is 36.0 Å². The number of hydrogen-bond donors (Lipinski definition) is 0. The van der Waals surface area contributed by atoms with Gasteiger partial charge in [0.05, 0.1) is 0 Å². The fraction of sp³-hybridized carbons (Fsp3) is 0.300. The van der Waals surface area contributed by atoms with E-state index in [1.165, 1.54) is 41.5 Å². The maximum absolute atomic E-state index is 6.05. The van der Waals surface area contributed by atoms with Crippen LogP contribution in [0.25, 0.3) is 5.57 Å². The molecule has 0 spiro atoms. The summed E-state index contributed by atoms with van der Waals surface area (Å²) >= 11 is 6.05. The Balaban J connectivity index is 1.81. The van der Waals surface area contributed by atoms with Crippen LogP contribution < -0.4 is 0 Å². The predicted molar refractivity (Wildman–Crippen MR) is 89.6 cm³/mol. The Kier molecular flexibility index (Phi) is 2.97. The van der Waals surface area contributed by atoms with Crippen molar-refractivity contribution in [3.63, 3.8) is 0 Å². The third-order valence-electron chi connectivity index (χ3n) is 5.23. The van der Waals surface area contributed by atoms with Gasteiger partial charge < -0.3 is 0 Å². The number of halogens is 1. The second kappa shape index (κ2) is 4.74. The first kappa shape index (κ1) is 13.2. The molecule has 0 N–H and O–H groups in total. The van der Waals surface area contributed by atoms with Crippen molar-refractivity contribution in [1.82, 2.24) is 0 Å². The van der Waals surface area contributed by atoms with E-state index in [-0.39, 0.29) is 5.41 Å². The number of rotatable bonds is 2. The molecule has 2 aliphatic rings. The fourth-order valence-corrected chi connectivity index (χ4v) is 4.28. The molecular weight excluding hydrogens is 276 g/mol. The molecule has 4 rings (SSSR count). The van der Waals surface area contributed by atoms with Gasteiger partial charge in [0.15, 0.2) is 0 Å². The smallest absolute Gasteiger partial charge is 0.0406 e. The summed E-state index contributed by atoms with van der Waals surface area (Å²) in [7, 11) is 0. The lowest BCUT2D eigenvalue weighted by molar-refractivity contribution is 0.584. The predicted octanol–water partition coefficient (Wildman–Crippen LogP) is 5.78. The van der Waals surface area contributed by atoms with Gasteiger partial charge in [0, 0.05) is 10.4 Å². The van der Waals surface area contributed by atoms with Gasteiger partial charge in [0.1, 0.15) is 0 Å². The van der Waals surface area contributed by atoms with E-state index in [4.69, 9.17) is 11.6 Å². The van der Waals surface area contributed by atoms with Crippen LogP contribution in [-0.4, -0.2) is 0 Å². The average Bonchev–Trinajstić information content (AvgIpc) is 3.08. The van der Waals surface area contributed by atoms with Gasteiger partial charge in [-0.05, 0) is 60.9 Å². The first-order valence-corrected chi connectivity index (χ1v) is 8.11. The van der Waals surface area contributed by atoms with Crippen molar-refractivity contribution in [3.05, 3.63) is 76.3 Å². The van der Waals surface area contributed by atoms with Crippen molar-refractivity contribution < 1.29 is 0 Å². The lowest BCUT2D eigenvalue weighted by Gasteiger charge is -2.31. The molecule has 0 aromatic heterocycles. The quantitative estimate of drug-likeness (QED) is 0.658. The van der Waals surface area contributed by atoms with Gasteiger partial charge in [-0.3, -0.25) is 0 Å². The molecule has 106 valence electrons. The zero-order chi connectivity index (χ0) is 14.4. The summed E-state index contributed by atoms with van der Waals surface area (Å²) in [5.41, 5.74) is 5.89. The van der Waals surface area contributed by atoms with E-state index in [9.17, 15) is 0 Å². The largest absolute Gasteiger partial charge is 0.0843 e. The molecule has 2 aromatic rings. The summed E-state index contributed by atoms with van der Waals surface area (Å²) in [4.78, 5) is 0. The van der Waals surface area contributed by atoms with E-state index in [0.29, 0.717) is 0 Å². The van der Waals surface area contributed by atoms with Crippen molar-refractivity contribution in [3.8, 4) is 0 Å². The number of hydrogen-bond acceptors (Lipinski definition) is 0. The van der Waals surface area contributed by atoms with Gasteiger partial charge in [-0.25, -0.2) is 0 Å². The van der Waals surface area contributed by atoms with Gasteiger partial charge in [-0.15, -0.1) is 0 Å². The molecule has 2 atom stereocenters. The highest BCUT2D eigenvalue weighted by molar-refractivity contribution is 6.30. The lowest BCUT2D eigenvalue weighted by Crippen LogP contribution is -2.22. The molecule has 0 amide bonds. The summed E-state index contributed by atoms with van der Waals surface area (Å²) < 4.78 is 0. The van der Waals surface area contributed by atoms with Gasteiger partial charge in [0.25, 0.3) is 0 Å². The minimum Gasteiger partial charge on any atom is -0.0843 e. The summed E-state index contributed by atoms with van der Waals surface area (Å²) in [6.07, 6.45) is 6.38. The van der Waals surface area contributed by atoms with Crippen LogP contribution in [0.3, 0.4) is 0 Å². The first-order chi connectivity index (χ1) is 10.2. The average molecular weight is 295 g/mol. The summed E-state index contributed by atoms with van der Waals surface area (Å²) in [6.45, 7) is 2.16. The molecule has 0 radical (unpaired) electrons. The molecule has 21 heavy (non-hydrogen) atoms. The highest BCUT2D eigenvalue weighted by Gasteiger charge is 2.47. The topological polar surface area (TPSA) is 0 Å². The summed E-state index contributed by atoms with van der Waals surface area (Å²) in [5, 5.41) is 0.812. The highest BCUT2D eigenvalue weighted by Crippen LogP contribution is 2.58. The van der Waals surface area contributed by atoms with Crippen LogP contribution in [0.5, 0.6) is 0 Å². The maximum atomic E-state index is 6.05. The second-order valence-electron chi connectivity index (χ2n) is 6.54. The fourth-order valence-electron chi connectivity index (χ4n) is 4.16. The first-order valence-electron chi connectivity index (χ1n) is 7.73. The third-order valence-corrected chi connectivity index (χ3v) is 5.48. The normalized spacial score (nSPS) is 27.0. The van der Waals surface area contributed by atoms with E-state index in [0.717, 1.165) is 10.9 Å². The standard InChI is InChI=1S/C20H19Cl/c1-14-2-6-17(7-3-14)20-11-10-15(13-20)12-19(20)16-4-8-18(21)9-5-16/h2-9,12,15H,10-11,13H2,1H3. The molecule has 0 aliphatic heterocycles. The Hall–Kier alpha value is -1.53. The number of fused-ring (bicyclic) bond motifs is 2. The Labute approximate surface area is 131 Å². The number of benzene rings is 2. The van der Waals surface area contributed by atoms with Gasteiger partial charge in [0.2, 0.25) is 0 Å². The van der Waals surface area contributed by atoms with Crippen molar-refractivity contribution in [2.75, 3.05) is 0 Å². The Morgan fingerprint density at radius 1 is 1.00 bits per heavy atom. The van der Waals surface area contributed by atoms with Gasteiger partial charge in [-0.1, -0.05) is 59.6 Å². The molecule has 2 aliphatic carbocycles. The van der Waals surface area contributed by atoms with Gasteiger partial charge in [-0.2, -0.15) is 0 Å². The van der Waals surface area contributed by atoms with E-state index in [2.05, 4.69) is 49.4 Å². The summed E-state index contributed by atoms with van der Waals surface area (Å²) in [5.74, 6) is 0.747. The third kappa shape index (κ3) is 2.05. The van der Waals surface area contributed by atoms with Crippen LogP contribution in [0.2, 0.25) is 5.02 Å². The Bertz CT molecular complexity index is 694. The molecule has 2 aromatic carbocycles. The number of allylic oxidation sites excluding steroid dienone is 2. The maximum Gasteiger partial charge on any atom is 0.0406 e. The van der Waals surface area contributed by atoms with Crippen LogP contribution in [0.15, 0.2) is 54.6 Å². The second-order valence-corrected chi connectivity index (χ2v) is 6.97. The van der Waals surface area contributed by atoms with E-state index < -0.39 is 0 Å². The summed E-state index contributed by atoms with van der Waals surface area (Å²) in [6, 6.07) is 17.5. The molecular formula is C20H19Cl.